The zero-order valence-corrected chi connectivity index (χ0v) is 9.69. The quantitative estimate of drug-likeness (QED) is 0.444. The van der Waals surface area contributed by atoms with E-state index >= 15 is 0 Å². The van der Waals surface area contributed by atoms with E-state index in [1.807, 2.05) is 0 Å². The van der Waals surface area contributed by atoms with Gasteiger partial charge in [0.1, 0.15) is 0 Å². The van der Waals surface area contributed by atoms with E-state index in [9.17, 15) is 0 Å². The summed E-state index contributed by atoms with van der Waals surface area (Å²) in [5, 5.41) is 1.20. The van der Waals surface area contributed by atoms with Gasteiger partial charge in [-0.3, -0.25) is 0 Å². The molecule has 60 valence electrons. The summed E-state index contributed by atoms with van der Waals surface area (Å²) < 4.78 is 5.51. The minimum Gasteiger partial charge on any atom is -0.504 e. The molecule has 0 amide bonds. The molecule has 0 saturated heterocycles. The summed E-state index contributed by atoms with van der Waals surface area (Å²) >= 11 is 0. The average molecular weight is 158 g/mol. The second-order valence-corrected chi connectivity index (χ2v) is 4.17. The van der Waals surface area contributed by atoms with E-state index in [-0.39, 0.29) is 0 Å². The first kappa shape index (κ1) is 9.76. The number of rotatable bonds is 3. The Morgan fingerprint density at radius 3 is 2.20 bits per heavy atom. The summed E-state index contributed by atoms with van der Waals surface area (Å²) in [6.07, 6.45) is 0. The number of hydrogen-bond acceptors (Lipinski definition) is 1. The maximum atomic E-state index is 5.51. The third-order valence-electron chi connectivity index (χ3n) is 1.34. The molecule has 0 aliphatic carbocycles. The van der Waals surface area contributed by atoms with Crippen molar-refractivity contribution in [2.75, 3.05) is 6.61 Å². The second-order valence-electron chi connectivity index (χ2n) is 3.26. The summed E-state index contributed by atoms with van der Waals surface area (Å²) in [6.45, 7) is 9.40. The maximum Gasteiger partial charge on any atom is 0.0893 e. The minimum absolute atomic E-state index is 0.642. The standard InChI is InChI=1S/C8H18OSi/c1-6(2)5-9-8(10)7(3)4/h6H,5H2,1-4,10H3. The van der Waals surface area contributed by atoms with Gasteiger partial charge in [-0.25, -0.2) is 0 Å². The number of ether oxygens (including phenoxy) is 1. The second kappa shape index (κ2) is 4.55. The van der Waals surface area contributed by atoms with Gasteiger partial charge < -0.3 is 4.74 Å². The van der Waals surface area contributed by atoms with E-state index in [2.05, 4.69) is 27.7 Å². The zero-order valence-electron chi connectivity index (χ0n) is 7.69. The van der Waals surface area contributed by atoms with Crippen LogP contribution in [0.25, 0.3) is 0 Å². The number of allylic oxidation sites excluding steroid dienone is 1. The van der Waals surface area contributed by atoms with Crippen molar-refractivity contribution in [2.24, 2.45) is 5.92 Å². The molecule has 0 heterocycles. The third-order valence-corrected chi connectivity index (χ3v) is 2.63. The smallest absolute Gasteiger partial charge is 0.0893 e. The lowest BCUT2D eigenvalue weighted by Crippen LogP contribution is -2.02. The van der Waals surface area contributed by atoms with Crippen LogP contribution in [-0.4, -0.2) is 16.8 Å². The molecule has 0 aromatic carbocycles. The van der Waals surface area contributed by atoms with Crippen LogP contribution in [0.15, 0.2) is 11.0 Å². The Morgan fingerprint density at radius 2 is 1.90 bits per heavy atom. The molecule has 2 heteroatoms. The molecular formula is C8H18OSi. The molecule has 0 fully saturated rings. The average Bonchev–Trinajstić information content (AvgIpc) is 1.82. The fraction of sp³-hybridized carbons (Fsp3) is 0.750. The Hall–Kier alpha value is -0.243. The van der Waals surface area contributed by atoms with Crippen LogP contribution in [0.2, 0.25) is 0 Å². The summed E-state index contributed by atoms with van der Waals surface area (Å²) in [7, 11) is 1.04. The van der Waals surface area contributed by atoms with Crippen LogP contribution in [0.3, 0.4) is 0 Å². The lowest BCUT2D eigenvalue weighted by Gasteiger charge is -2.09. The fourth-order valence-electron chi connectivity index (χ4n) is 0.436. The van der Waals surface area contributed by atoms with Gasteiger partial charge in [0.25, 0.3) is 0 Å². The Labute approximate surface area is 66.9 Å². The van der Waals surface area contributed by atoms with Gasteiger partial charge >= 0.3 is 0 Å². The van der Waals surface area contributed by atoms with Gasteiger partial charge in [0.15, 0.2) is 0 Å². The highest BCUT2D eigenvalue weighted by Crippen LogP contribution is 2.02. The van der Waals surface area contributed by atoms with Gasteiger partial charge in [0.2, 0.25) is 0 Å². The zero-order chi connectivity index (χ0) is 8.15. The molecule has 0 unspecified atom stereocenters. The van der Waals surface area contributed by atoms with Crippen molar-refractivity contribution in [1.29, 1.82) is 0 Å². The molecule has 0 rings (SSSR count). The van der Waals surface area contributed by atoms with Gasteiger partial charge in [-0.05, 0) is 25.3 Å². The molecule has 0 atom stereocenters. The first-order chi connectivity index (χ1) is 4.54. The van der Waals surface area contributed by atoms with Crippen LogP contribution >= 0.6 is 0 Å². The van der Waals surface area contributed by atoms with Crippen LogP contribution < -0.4 is 0 Å². The molecule has 0 spiro atoms. The Balaban J connectivity index is 3.60. The lowest BCUT2D eigenvalue weighted by molar-refractivity contribution is 0.197. The Bertz CT molecular complexity index is 123. The van der Waals surface area contributed by atoms with Crippen molar-refractivity contribution < 1.29 is 4.74 Å². The molecule has 0 saturated carbocycles. The predicted molar refractivity (Wildman–Crippen MR) is 49.1 cm³/mol. The van der Waals surface area contributed by atoms with Crippen molar-refractivity contribution in [3.8, 4) is 0 Å². The molecule has 0 aliphatic rings. The molecule has 0 aromatic rings. The van der Waals surface area contributed by atoms with Crippen molar-refractivity contribution in [3.63, 3.8) is 0 Å². The van der Waals surface area contributed by atoms with E-state index in [4.69, 9.17) is 4.74 Å². The van der Waals surface area contributed by atoms with Crippen molar-refractivity contribution in [1.82, 2.24) is 0 Å². The molecule has 0 aromatic heterocycles. The molecule has 0 radical (unpaired) electrons. The largest absolute Gasteiger partial charge is 0.504 e. The van der Waals surface area contributed by atoms with Gasteiger partial charge in [-0.15, -0.1) is 0 Å². The van der Waals surface area contributed by atoms with E-state index < -0.39 is 0 Å². The van der Waals surface area contributed by atoms with E-state index in [1.165, 1.54) is 11.0 Å². The van der Waals surface area contributed by atoms with Crippen LogP contribution in [0, 0.1) is 5.92 Å². The summed E-state index contributed by atoms with van der Waals surface area (Å²) in [4.78, 5) is 0. The Kier molecular flexibility index (Phi) is 4.44. The summed E-state index contributed by atoms with van der Waals surface area (Å²) in [6, 6.07) is 0. The maximum absolute atomic E-state index is 5.51. The molecule has 1 nitrogen and oxygen atoms in total. The Morgan fingerprint density at radius 1 is 1.40 bits per heavy atom. The molecule has 0 aliphatic heterocycles. The monoisotopic (exact) mass is 158 g/mol. The van der Waals surface area contributed by atoms with Crippen LogP contribution in [-0.2, 0) is 4.74 Å². The van der Waals surface area contributed by atoms with E-state index in [0.717, 1.165) is 16.8 Å². The van der Waals surface area contributed by atoms with Gasteiger partial charge in [-0.2, -0.15) is 0 Å². The normalized spacial score (nSPS) is 10.1. The summed E-state index contributed by atoms with van der Waals surface area (Å²) in [5.41, 5.74) is 1.33. The fourth-order valence-corrected chi connectivity index (χ4v) is 0.603. The number of hydrogen-bond donors (Lipinski definition) is 0. The molecule has 0 N–H and O–H groups in total. The van der Waals surface area contributed by atoms with Crippen LogP contribution in [0.1, 0.15) is 27.7 Å². The van der Waals surface area contributed by atoms with Gasteiger partial charge in [0, 0.05) is 0 Å². The highest BCUT2D eigenvalue weighted by Gasteiger charge is 1.95. The van der Waals surface area contributed by atoms with Crippen molar-refractivity contribution in [2.45, 2.75) is 27.7 Å². The summed E-state index contributed by atoms with van der Waals surface area (Å²) in [5.74, 6) is 0.642. The molecule has 10 heavy (non-hydrogen) atoms. The van der Waals surface area contributed by atoms with E-state index in [0.29, 0.717) is 5.92 Å². The van der Waals surface area contributed by atoms with Crippen LogP contribution in [0.5, 0.6) is 0 Å². The predicted octanol–water partition coefficient (Wildman–Crippen LogP) is 1.28. The minimum atomic E-state index is 0.642. The van der Waals surface area contributed by atoms with Gasteiger partial charge in [-0.1, -0.05) is 13.8 Å². The van der Waals surface area contributed by atoms with Crippen molar-refractivity contribution in [3.05, 3.63) is 11.0 Å². The van der Waals surface area contributed by atoms with Crippen LogP contribution in [0.4, 0.5) is 0 Å². The van der Waals surface area contributed by atoms with Crippen molar-refractivity contribution >= 4 is 10.2 Å². The highest BCUT2D eigenvalue weighted by atomic mass is 28.1. The lowest BCUT2D eigenvalue weighted by atomic mass is 10.2. The third kappa shape index (κ3) is 4.62. The first-order valence-electron chi connectivity index (χ1n) is 3.81. The highest BCUT2D eigenvalue weighted by molar-refractivity contribution is 6.20. The van der Waals surface area contributed by atoms with Gasteiger partial charge in [0.05, 0.1) is 22.2 Å². The molecule has 0 bridgehead atoms. The first-order valence-corrected chi connectivity index (χ1v) is 4.81. The SMILES string of the molecule is CC(C)=C([SiH3])OCC(C)C. The topological polar surface area (TPSA) is 9.23 Å². The van der Waals surface area contributed by atoms with E-state index in [1.54, 1.807) is 0 Å². The molecular weight excluding hydrogens is 140 g/mol.